The Balaban J connectivity index is 2.28. The van der Waals surface area contributed by atoms with E-state index in [0.717, 1.165) is 29.8 Å². The summed E-state index contributed by atoms with van der Waals surface area (Å²) in [5.74, 6) is 0.545. The van der Waals surface area contributed by atoms with Crippen molar-refractivity contribution in [3.05, 3.63) is 17.8 Å². The van der Waals surface area contributed by atoms with Gasteiger partial charge in [-0.25, -0.2) is 9.97 Å². The van der Waals surface area contributed by atoms with Crippen molar-refractivity contribution in [3.8, 4) is 0 Å². The molecule has 0 saturated carbocycles. The zero-order chi connectivity index (χ0) is 13.3. The summed E-state index contributed by atoms with van der Waals surface area (Å²) in [6, 6.07) is 2.48. The van der Waals surface area contributed by atoms with Crippen LogP contribution >= 0.6 is 0 Å². The summed E-state index contributed by atoms with van der Waals surface area (Å²) in [5.41, 5.74) is 8.88. The van der Waals surface area contributed by atoms with Crippen molar-refractivity contribution in [2.75, 3.05) is 19.3 Å². The van der Waals surface area contributed by atoms with E-state index in [0.29, 0.717) is 12.0 Å². The van der Waals surface area contributed by atoms with Crippen LogP contribution in [0.5, 0.6) is 0 Å². The fraction of sp³-hybridized carbons (Fsp3) is 0.538. The number of likely N-dealkylation sites (N-methyl/N-ethyl adjacent to an activating group) is 1. The summed E-state index contributed by atoms with van der Waals surface area (Å²) in [7, 11) is 2.11. The molecule has 2 aromatic rings. The van der Waals surface area contributed by atoms with E-state index < -0.39 is 0 Å². The van der Waals surface area contributed by atoms with Crippen LogP contribution in [0.25, 0.3) is 11.2 Å². The van der Waals surface area contributed by atoms with E-state index in [2.05, 4.69) is 35.8 Å². The Morgan fingerprint density at radius 2 is 2.17 bits per heavy atom. The number of nitrogens with zero attached hydrogens (tertiary/aromatic N) is 4. The molecular weight excluding hydrogens is 226 g/mol. The average molecular weight is 247 g/mol. The molecule has 0 bridgehead atoms. The first kappa shape index (κ1) is 12.8. The number of imidazole rings is 1. The van der Waals surface area contributed by atoms with E-state index in [-0.39, 0.29) is 0 Å². The van der Waals surface area contributed by atoms with Gasteiger partial charge in [-0.15, -0.1) is 0 Å². The minimum absolute atomic E-state index is 0.524. The highest BCUT2D eigenvalue weighted by Crippen LogP contribution is 2.18. The maximum atomic E-state index is 5.98. The Labute approximate surface area is 108 Å². The Kier molecular flexibility index (Phi) is 3.52. The predicted octanol–water partition coefficient (Wildman–Crippen LogP) is 1.66. The number of nitrogens with two attached hydrogens (primary N) is 1. The van der Waals surface area contributed by atoms with Gasteiger partial charge in [0, 0.05) is 25.3 Å². The van der Waals surface area contributed by atoms with Crippen LogP contribution in [0.4, 0.5) is 5.95 Å². The molecule has 0 aliphatic rings. The Bertz CT molecular complexity index is 544. The maximum absolute atomic E-state index is 5.98. The van der Waals surface area contributed by atoms with Crippen molar-refractivity contribution in [2.24, 2.45) is 0 Å². The minimum atomic E-state index is 0.524. The third kappa shape index (κ3) is 2.31. The van der Waals surface area contributed by atoms with Crippen LogP contribution in [0.1, 0.15) is 19.4 Å². The SMILES string of the molecule is Cc1ccnc2c1nc(N)n2CCN(C)C(C)C. The van der Waals surface area contributed by atoms with Crippen molar-refractivity contribution in [3.63, 3.8) is 0 Å². The fourth-order valence-electron chi connectivity index (χ4n) is 1.89. The molecule has 2 aromatic heterocycles. The number of pyridine rings is 1. The predicted molar refractivity (Wildman–Crippen MR) is 74.4 cm³/mol. The third-order valence-corrected chi connectivity index (χ3v) is 3.42. The van der Waals surface area contributed by atoms with Gasteiger partial charge in [0.1, 0.15) is 5.52 Å². The molecule has 0 amide bonds. The van der Waals surface area contributed by atoms with Crippen molar-refractivity contribution in [1.82, 2.24) is 19.4 Å². The molecule has 0 unspecified atom stereocenters. The highest BCUT2D eigenvalue weighted by Gasteiger charge is 2.12. The van der Waals surface area contributed by atoms with Crippen molar-refractivity contribution in [2.45, 2.75) is 33.4 Å². The number of anilines is 1. The highest BCUT2D eigenvalue weighted by molar-refractivity contribution is 5.77. The fourth-order valence-corrected chi connectivity index (χ4v) is 1.89. The number of rotatable bonds is 4. The topological polar surface area (TPSA) is 60.0 Å². The molecular formula is C13H21N5. The van der Waals surface area contributed by atoms with E-state index in [1.807, 2.05) is 17.6 Å². The lowest BCUT2D eigenvalue weighted by Gasteiger charge is -2.21. The lowest BCUT2D eigenvalue weighted by Crippen LogP contribution is -2.30. The number of fused-ring (bicyclic) bond motifs is 1. The normalized spacial score (nSPS) is 11.9. The van der Waals surface area contributed by atoms with E-state index in [1.54, 1.807) is 6.20 Å². The minimum Gasteiger partial charge on any atom is -0.369 e. The molecule has 2 rings (SSSR count). The van der Waals surface area contributed by atoms with Crippen LogP contribution in [-0.2, 0) is 6.54 Å². The van der Waals surface area contributed by atoms with E-state index in [1.165, 1.54) is 0 Å². The van der Waals surface area contributed by atoms with Gasteiger partial charge in [0.25, 0.3) is 0 Å². The molecule has 98 valence electrons. The van der Waals surface area contributed by atoms with Gasteiger partial charge in [0.2, 0.25) is 5.95 Å². The van der Waals surface area contributed by atoms with Gasteiger partial charge in [-0.3, -0.25) is 4.57 Å². The second kappa shape index (κ2) is 4.94. The molecule has 0 aliphatic carbocycles. The second-order valence-electron chi connectivity index (χ2n) is 5.00. The van der Waals surface area contributed by atoms with E-state index in [9.17, 15) is 0 Å². The zero-order valence-corrected chi connectivity index (χ0v) is 11.5. The molecule has 0 fully saturated rings. The van der Waals surface area contributed by atoms with Gasteiger partial charge in [0.05, 0.1) is 0 Å². The quantitative estimate of drug-likeness (QED) is 0.892. The van der Waals surface area contributed by atoms with Crippen LogP contribution < -0.4 is 5.73 Å². The zero-order valence-electron chi connectivity index (χ0n) is 11.5. The molecule has 2 N–H and O–H groups in total. The Morgan fingerprint density at radius 3 is 2.83 bits per heavy atom. The summed E-state index contributed by atoms with van der Waals surface area (Å²) < 4.78 is 1.99. The summed E-state index contributed by atoms with van der Waals surface area (Å²) in [6.07, 6.45) is 1.81. The number of aryl methyl sites for hydroxylation is 1. The molecule has 0 aromatic carbocycles. The number of nitrogen functional groups attached to an aromatic ring is 1. The van der Waals surface area contributed by atoms with Gasteiger partial charge in [-0.05, 0) is 39.4 Å². The van der Waals surface area contributed by atoms with Crippen LogP contribution in [-0.4, -0.2) is 39.1 Å². The average Bonchev–Trinajstić information content (AvgIpc) is 2.64. The third-order valence-electron chi connectivity index (χ3n) is 3.42. The number of aromatic nitrogens is 3. The van der Waals surface area contributed by atoms with Gasteiger partial charge in [0.15, 0.2) is 5.65 Å². The van der Waals surface area contributed by atoms with Crippen molar-refractivity contribution < 1.29 is 0 Å². The van der Waals surface area contributed by atoms with Crippen molar-refractivity contribution >= 4 is 17.1 Å². The summed E-state index contributed by atoms with van der Waals surface area (Å²) in [5, 5.41) is 0. The summed E-state index contributed by atoms with van der Waals surface area (Å²) >= 11 is 0. The molecule has 5 nitrogen and oxygen atoms in total. The lowest BCUT2D eigenvalue weighted by atomic mass is 10.3. The largest absolute Gasteiger partial charge is 0.369 e. The maximum Gasteiger partial charge on any atom is 0.202 e. The summed E-state index contributed by atoms with van der Waals surface area (Å²) in [4.78, 5) is 11.1. The van der Waals surface area contributed by atoms with Gasteiger partial charge < -0.3 is 10.6 Å². The Morgan fingerprint density at radius 1 is 1.44 bits per heavy atom. The van der Waals surface area contributed by atoms with Gasteiger partial charge in [-0.1, -0.05) is 0 Å². The molecule has 0 aliphatic heterocycles. The second-order valence-corrected chi connectivity index (χ2v) is 5.00. The first-order valence-corrected chi connectivity index (χ1v) is 6.28. The molecule has 18 heavy (non-hydrogen) atoms. The van der Waals surface area contributed by atoms with Crippen molar-refractivity contribution in [1.29, 1.82) is 0 Å². The number of hydrogen-bond donors (Lipinski definition) is 1. The van der Waals surface area contributed by atoms with Crippen LogP contribution in [0.2, 0.25) is 0 Å². The standard InChI is InChI=1S/C13H21N5/c1-9(2)17(4)7-8-18-12-11(16-13(18)14)10(3)5-6-15-12/h5-6,9H,7-8H2,1-4H3,(H2,14,16). The van der Waals surface area contributed by atoms with Crippen LogP contribution in [0.3, 0.4) is 0 Å². The van der Waals surface area contributed by atoms with Gasteiger partial charge in [-0.2, -0.15) is 0 Å². The summed E-state index contributed by atoms with van der Waals surface area (Å²) in [6.45, 7) is 8.13. The van der Waals surface area contributed by atoms with E-state index in [4.69, 9.17) is 5.73 Å². The van der Waals surface area contributed by atoms with E-state index >= 15 is 0 Å². The number of hydrogen-bond acceptors (Lipinski definition) is 4. The molecule has 0 atom stereocenters. The Hall–Kier alpha value is -1.62. The molecule has 0 spiro atoms. The highest BCUT2D eigenvalue weighted by atomic mass is 15.2. The molecule has 0 saturated heterocycles. The molecule has 0 radical (unpaired) electrons. The molecule has 2 heterocycles. The lowest BCUT2D eigenvalue weighted by molar-refractivity contribution is 0.264. The first-order valence-electron chi connectivity index (χ1n) is 6.28. The first-order chi connectivity index (χ1) is 8.50. The molecule has 5 heteroatoms. The van der Waals surface area contributed by atoms with Gasteiger partial charge >= 0.3 is 0 Å². The van der Waals surface area contributed by atoms with Crippen LogP contribution in [0.15, 0.2) is 12.3 Å². The van der Waals surface area contributed by atoms with Crippen LogP contribution in [0, 0.1) is 6.92 Å². The monoisotopic (exact) mass is 247 g/mol. The smallest absolute Gasteiger partial charge is 0.202 e.